The number of anilines is 1. The van der Waals surface area contributed by atoms with Crippen molar-refractivity contribution in [3.63, 3.8) is 0 Å². The molecule has 0 radical (unpaired) electrons. The van der Waals surface area contributed by atoms with Crippen LogP contribution in [-0.2, 0) is 4.79 Å². The number of hydrogen-bond donors (Lipinski definition) is 1. The minimum Gasteiger partial charge on any atom is -0.497 e. The molecule has 0 spiro atoms. The normalized spacial score (nSPS) is 14.6. The molecule has 2 rings (SSSR count). The third-order valence-electron chi connectivity index (χ3n) is 4.09. The first-order valence-electron chi connectivity index (χ1n) is 8.07. The van der Waals surface area contributed by atoms with Gasteiger partial charge in [-0.05, 0) is 61.3 Å². The van der Waals surface area contributed by atoms with Crippen molar-refractivity contribution in [2.45, 2.75) is 32.7 Å². The van der Waals surface area contributed by atoms with Crippen LogP contribution in [0.5, 0.6) is 5.75 Å². The fourth-order valence-electron chi connectivity index (χ4n) is 2.75. The van der Waals surface area contributed by atoms with E-state index in [0.717, 1.165) is 27.2 Å². The molecule has 2 amide bonds. The van der Waals surface area contributed by atoms with Crippen LogP contribution in [0.15, 0.2) is 22.7 Å². The van der Waals surface area contributed by atoms with E-state index in [1.54, 1.807) is 32.9 Å². The number of hydrogen-bond acceptors (Lipinski definition) is 4. The molecule has 0 bridgehead atoms. The van der Waals surface area contributed by atoms with E-state index >= 15 is 0 Å². The fraction of sp³-hybridized carbons (Fsp3) is 0.529. The highest BCUT2D eigenvalue weighted by molar-refractivity contribution is 9.10. The summed E-state index contributed by atoms with van der Waals surface area (Å²) < 4.78 is 6.02. The van der Waals surface area contributed by atoms with Gasteiger partial charge >= 0.3 is 6.09 Å². The number of ether oxygens (including phenoxy) is 1. The van der Waals surface area contributed by atoms with Gasteiger partial charge in [0.1, 0.15) is 12.3 Å². The molecule has 0 aliphatic carbocycles. The van der Waals surface area contributed by atoms with E-state index in [2.05, 4.69) is 15.9 Å². The Labute approximate surface area is 156 Å². The topological polar surface area (TPSA) is 73.3 Å². The minimum atomic E-state index is -1.10. The van der Waals surface area contributed by atoms with Crippen molar-refractivity contribution < 1.29 is 19.4 Å². The monoisotopic (exact) mass is 413 g/mol. The van der Waals surface area contributed by atoms with E-state index < -0.39 is 11.6 Å². The van der Waals surface area contributed by atoms with E-state index in [-0.39, 0.29) is 12.5 Å². The zero-order valence-electron chi connectivity index (χ0n) is 15.0. The van der Waals surface area contributed by atoms with Crippen molar-refractivity contribution in [3.05, 3.63) is 22.7 Å². The maximum atomic E-state index is 12.8. The Kier molecular flexibility index (Phi) is 5.82. The summed E-state index contributed by atoms with van der Waals surface area (Å²) in [5, 5.41) is 12.9. The summed E-state index contributed by atoms with van der Waals surface area (Å²) in [7, 11) is 1.60. The van der Waals surface area contributed by atoms with Gasteiger partial charge in [-0.1, -0.05) is 0 Å². The third kappa shape index (κ3) is 4.36. The van der Waals surface area contributed by atoms with Crippen LogP contribution < -0.4 is 9.75 Å². The van der Waals surface area contributed by atoms with Crippen molar-refractivity contribution in [2.75, 3.05) is 31.8 Å². The van der Waals surface area contributed by atoms with Crippen molar-refractivity contribution in [3.8, 4) is 5.75 Å². The molecule has 0 aromatic heterocycles. The van der Waals surface area contributed by atoms with E-state index in [1.165, 1.54) is 0 Å². The number of carboxylic acid groups (broad SMARTS) is 1. The molecule has 25 heavy (non-hydrogen) atoms. The standard InChI is InChI=1S/C17H24BrN3O4/c1-17(2,3)19(16(23)24)11-15(22)21-9-5-8-20(21)14-7-6-12(25-4)10-13(14)18/h6-7,10H,5,8-9,11H2,1-4H3,(H,23,24). The van der Waals surface area contributed by atoms with Crippen molar-refractivity contribution in [1.82, 2.24) is 9.91 Å². The summed E-state index contributed by atoms with van der Waals surface area (Å²) in [5.41, 5.74) is 0.205. The summed E-state index contributed by atoms with van der Waals surface area (Å²) in [5.74, 6) is 0.482. The maximum Gasteiger partial charge on any atom is 0.408 e. The van der Waals surface area contributed by atoms with Gasteiger partial charge < -0.3 is 9.84 Å². The van der Waals surface area contributed by atoms with Gasteiger partial charge in [0.05, 0.1) is 12.8 Å². The van der Waals surface area contributed by atoms with Crippen LogP contribution in [0.25, 0.3) is 0 Å². The highest BCUT2D eigenvalue weighted by atomic mass is 79.9. The molecule has 1 N–H and O–H groups in total. The minimum absolute atomic E-state index is 0.177. The Hall–Kier alpha value is -1.96. The smallest absolute Gasteiger partial charge is 0.408 e. The third-order valence-corrected chi connectivity index (χ3v) is 4.72. The lowest BCUT2D eigenvalue weighted by Crippen LogP contribution is -2.52. The summed E-state index contributed by atoms with van der Waals surface area (Å²) in [4.78, 5) is 25.4. The molecule has 0 atom stereocenters. The van der Waals surface area contributed by atoms with Gasteiger partial charge in [0, 0.05) is 23.1 Å². The Morgan fingerprint density at radius 1 is 1.32 bits per heavy atom. The molecule has 8 heteroatoms. The largest absolute Gasteiger partial charge is 0.497 e. The summed E-state index contributed by atoms with van der Waals surface area (Å²) in [6.07, 6.45) is -0.274. The lowest BCUT2D eigenvalue weighted by atomic mass is 10.1. The van der Waals surface area contributed by atoms with Gasteiger partial charge in [0.2, 0.25) is 0 Å². The predicted octanol–water partition coefficient (Wildman–Crippen LogP) is 3.19. The van der Waals surface area contributed by atoms with Gasteiger partial charge in [-0.2, -0.15) is 0 Å². The Morgan fingerprint density at radius 2 is 2.00 bits per heavy atom. The van der Waals surface area contributed by atoms with Crippen LogP contribution in [0.2, 0.25) is 0 Å². The number of carbonyl (C=O) groups is 2. The molecule has 138 valence electrons. The molecule has 1 aromatic carbocycles. The highest BCUT2D eigenvalue weighted by Gasteiger charge is 2.34. The molecular weight excluding hydrogens is 390 g/mol. The first kappa shape index (κ1) is 19.4. The van der Waals surface area contributed by atoms with E-state index in [9.17, 15) is 14.7 Å². The number of carbonyl (C=O) groups excluding carboxylic acids is 1. The summed E-state index contributed by atoms with van der Waals surface area (Å²) in [6.45, 7) is 6.40. The molecule has 7 nitrogen and oxygen atoms in total. The average molecular weight is 414 g/mol. The number of halogens is 1. The van der Waals surface area contributed by atoms with Crippen LogP contribution in [0.4, 0.5) is 10.5 Å². The quantitative estimate of drug-likeness (QED) is 0.820. The number of nitrogens with zero attached hydrogens (tertiary/aromatic N) is 3. The van der Waals surface area contributed by atoms with E-state index in [4.69, 9.17) is 4.74 Å². The summed E-state index contributed by atoms with van der Waals surface area (Å²) >= 11 is 3.52. The van der Waals surface area contributed by atoms with Crippen LogP contribution in [0, 0.1) is 0 Å². The lowest BCUT2D eigenvalue weighted by Gasteiger charge is -2.36. The van der Waals surface area contributed by atoms with Crippen molar-refractivity contribution in [2.24, 2.45) is 0 Å². The van der Waals surface area contributed by atoms with Gasteiger partial charge in [0.15, 0.2) is 0 Å². The number of rotatable bonds is 4. The Morgan fingerprint density at radius 3 is 2.52 bits per heavy atom. The molecule has 1 aromatic rings. The molecule has 1 saturated heterocycles. The van der Waals surface area contributed by atoms with E-state index in [1.807, 2.05) is 23.2 Å². The molecular formula is C17H24BrN3O4. The lowest BCUT2D eigenvalue weighted by molar-refractivity contribution is -0.132. The molecule has 1 aliphatic rings. The van der Waals surface area contributed by atoms with Gasteiger partial charge in [-0.3, -0.25) is 19.7 Å². The second-order valence-electron chi connectivity index (χ2n) is 6.85. The average Bonchev–Trinajstić information content (AvgIpc) is 3.00. The Bertz CT molecular complexity index is 660. The highest BCUT2D eigenvalue weighted by Crippen LogP contribution is 2.33. The summed E-state index contributed by atoms with van der Waals surface area (Å²) in [6, 6.07) is 5.56. The van der Waals surface area contributed by atoms with Crippen LogP contribution in [0.1, 0.15) is 27.2 Å². The molecule has 0 saturated carbocycles. The number of amides is 2. The van der Waals surface area contributed by atoms with Crippen LogP contribution in [-0.4, -0.2) is 59.3 Å². The number of hydrazine groups is 1. The first-order chi connectivity index (χ1) is 11.6. The zero-order valence-corrected chi connectivity index (χ0v) is 16.5. The first-order valence-corrected chi connectivity index (χ1v) is 8.86. The Balaban J connectivity index is 2.20. The maximum absolute atomic E-state index is 12.8. The van der Waals surface area contributed by atoms with Crippen LogP contribution >= 0.6 is 15.9 Å². The number of benzene rings is 1. The molecule has 0 unspecified atom stereocenters. The second kappa shape index (κ2) is 7.51. The number of methoxy groups -OCH3 is 1. The van der Waals surface area contributed by atoms with Gasteiger partial charge in [-0.25, -0.2) is 4.79 Å². The SMILES string of the molecule is COc1ccc(N2CCCN2C(=O)CN(C(=O)O)C(C)(C)C)c(Br)c1. The van der Waals surface area contributed by atoms with Crippen molar-refractivity contribution in [1.29, 1.82) is 0 Å². The van der Waals surface area contributed by atoms with Crippen molar-refractivity contribution >= 4 is 33.6 Å². The van der Waals surface area contributed by atoms with E-state index in [0.29, 0.717) is 13.1 Å². The van der Waals surface area contributed by atoms with Gasteiger partial charge in [-0.15, -0.1) is 0 Å². The second-order valence-corrected chi connectivity index (χ2v) is 7.70. The predicted molar refractivity (Wildman–Crippen MR) is 98.9 cm³/mol. The molecule has 1 aliphatic heterocycles. The molecule has 1 heterocycles. The zero-order chi connectivity index (χ0) is 18.8. The molecule has 1 fully saturated rings. The fourth-order valence-corrected chi connectivity index (χ4v) is 3.32. The van der Waals surface area contributed by atoms with Gasteiger partial charge in [0.25, 0.3) is 5.91 Å². The van der Waals surface area contributed by atoms with Crippen LogP contribution in [0.3, 0.4) is 0 Å².